The van der Waals surface area contributed by atoms with Crippen molar-refractivity contribution in [2.45, 2.75) is 13.8 Å². The average Bonchev–Trinajstić information content (AvgIpc) is 3.20. The van der Waals surface area contributed by atoms with E-state index in [1.54, 1.807) is 11.3 Å². The van der Waals surface area contributed by atoms with Gasteiger partial charge in [0.15, 0.2) is 5.58 Å². The average molecular weight is 329 g/mol. The molecule has 2 aromatic carbocycles. The van der Waals surface area contributed by atoms with Crippen molar-refractivity contribution >= 4 is 43.4 Å². The second-order valence-corrected chi connectivity index (χ2v) is 7.14. The van der Waals surface area contributed by atoms with Gasteiger partial charge in [-0.3, -0.25) is 4.98 Å². The lowest BCUT2D eigenvalue weighted by Gasteiger charge is -2.05. The molecule has 0 bridgehead atoms. The van der Waals surface area contributed by atoms with Gasteiger partial charge in [0.2, 0.25) is 0 Å². The quantitative estimate of drug-likeness (QED) is 0.352. The summed E-state index contributed by atoms with van der Waals surface area (Å²) in [6, 6.07) is 14.9. The number of hydrogen-bond donors (Lipinski definition) is 0. The number of aryl methyl sites for hydroxylation is 2. The maximum Gasteiger partial charge on any atom is 0.153 e. The summed E-state index contributed by atoms with van der Waals surface area (Å²) in [5, 5.41) is 5.67. The van der Waals surface area contributed by atoms with Gasteiger partial charge in [-0.15, -0.1) is 11.3 Å². The number of para-hydroxylation sites is 1. The summed E-state index contributed by atoms with van der Waals surface area (Å²) < 4.78 is 7.56. The number of aromatic nitrogens is 1. The van der Waals surface area contributed by atoms with Crippen molar-refractivity contribution in [3.8, 4) is 11.3 Å². The maximum atomic E-state index is 6.35. The zero-order chi connectivity index (χ0) is 16.3. The van der Waals surface area contributed by atoms with Crippen LogP contribution in [0, 0.1) is 13.8 Å². The molecule has 24 heavy (non-hydrogen) atoms. The Labute approximate surface area is 143 Å². The van der Waals surface area contributed by atoms with Crippen LogP contribution in [0.25, 0.3) is 43.3 Å². The maximum absolute atomic E-state index is 6.35. The Hall–Kier alpha value is -2.65. The van der Waals surface area contributed by atoms with Gasteiger partial charge < -0.3 is 4.42 Å². The monoisotopic (exact) mass is 329 g/mol. The van der Waals surface area contributed by atoms with Gasteiger partial charge in [-0.2, -0.15) is 0 Å². The molecule has 0 fully saturated rings. The summed E-state index contributed by atoms with van der Waals surface area (Å²) in [4.78, 5) is 4.62. The molecule has 0 radical (unpaired) electrons. The lowest BCUT2D eigenvalue weighted by atomic mass is 10.0. The molecule has 0 aliphatic heterocycles. The molecule has 3 heteroatoms. The smallest absolute Gasteiger partial charge is 0.153 e. The van der Waals surface area contributed by atoms with Gasteiger partial charge >= 0.3 is 0 Å². The first-order valence-electron chi connectivity index (χ1n) is 7.97. The van der Waals surface area contributed by atoms with Crippen LogP contribution in [0.2, 0.25) is 0 Å². The number of nitrogens with zero attached hydrogens (tertiary/aromatic N) is 1. The third-order valence-electron chi connectivity index (χ3n) is 4.73. The first-order chi connectivity index (χ1) is 11.7. The fourth-order valence-electron chi connectivity index (χ4n) is 3.25. The predicted octanol–water partition coefficient (Wildman–Crippen LogP) is 6.48. The summed E-state index contributed by atoms with van der Waals surface area (Å²) in [7, 11) is 0. The molecule has 0 saturated heterocycles. The minimum atomic E-state index is 0.921. The Balaban J connectivity index is 1.89. The topological polar surface area (TPSA) is 26.0 Å². The van der Waals surface area contributed by atoms with E-state index in [1.807, 2.05) is 6.20 Å². The highest BCUT2D eigenvalue weighted by atomic mass is 32.1. The second kappa shape index (κ2) is 4.92. The van der Waals surface area contributed by atoms with Gasteiger partial charge in [-0.1, -0.05) is 18.2 Å². The zero-order valence-electron chi connectivity index (χ0n) is 13.5. The van der Waals surface area contributed by atoms with E-state index in [1.165, 1.54) is 26.6 Å². The lowest BCUT2D eigenvalue weighted by molar-refractivity contribution is 0.674. The molecular weight excluding hydrogens is 314 g/mol. The van der Waals surface area contributed by atoms with E-state index in [2.05, 4.69) is 66.7 Å². The van der Waals surface area contributed by atoms with Crippen LogP contribution in [0.15, 0.2) is 58.5 Å². The van der Waals surface area contributed by atoms with E-state index in [4.69, 9.17) is 4.42 Å². The Morgan fingerprint density at radius 1 is 0.917 bits per heavy atom. The van der Waals surface area contributed by atoms with Crippen LogP contribution in [0.4, 0.5) is 0 Å². The van der Waals surface area contributed by atoms with E-state index in [0.29, 0.717) is 0 Å². The van der Waals surface area contributed by atoms with Crippen LogP contribution in [-0.4, -0.2) is 4.98 Å². The Bertz CT molecular complexity index is 1230. The van der Waals surface area contributed by atoms with Gasteiger partial charge in [0.25, 0.3) is 0 Å². The first kappa shape index (κ1) is 13.8. The molecule has 0 atom stereocenters. The number of rotatable bonds is 1. The number of fused-ring (bicyclic) bond motifs is 5. The fraction of sp³-hybridized carbons (Fsp3) is 0.0952. The highest BCUT2D eigenvalue weighted by Gasteiger charge is 2.15. The van der Waals surface area contributed by atoms with Gasteiger partial charge in [0.1, 0.15) is 5.58 Å². The molecule has 5 rings (SSSR count). The van der Waals surface area contributed by atoms with Crippen LogP contribution in [-0.2, 0) is 0 Å². The normalized spacial score (nSPS) is 11.8. The van der Waals surface area contributed by atoms with Crippen LogP contribution >= 0.6 is 11.3 Å². The minimum absolute atomic E-state index is 0.921. The largest absolute Gasteiger partial charge is 0.454 e. The van der Waals surface area contributed by atoms with Crippen LogP contribution < -0.4 is 0 Å². The van der Waals surface area contributed by atoms with Crippen molar-refractivity contribution in [2.24, 2.45) is 0 Å². The highest BCUT2D eigenvalue weighted by molar-refractivity contribution is 7.18. The van der Waals surface area contributed by atoms with Crippen molar-refractivity contribution in [3.63, 3.8) is 0 Å². The molecular formula is C21H15NOS. The minimum Gasteiger partial charge on any atom is -0.454 e. The fourth-order valence-corrected chi connectivity index (χ4v) is 4.14. The van der Waals surface area contributed by atoms with Gasteiger partial charge in [0.05, 0.1) is 10.4 Å². The van der Waals surface area contributed by atoms with E-state index in [0.717, 1.165) is 27.8 Å². The highest BCUT2D eigenvalue weighted by Crippen LogP contribution is 2.39. The number of furan rings is 1. The van der Waals surface area contributed by atoms with E-state index in [9.17, 15) is 0 Å². The summed E-state index contributed by atoms with van der Waals surface area (Å²) >= 11 is 1.73. The van der Waals surface area contributed by atoms with Crippen LogP contribution in [0.5, 0.6) is 0 Å². The number of benzene rings is 2. The molecule has 0 saturated carbocycles. The molecule has 3 heterocycles. The molecule has 2 nitrogen and oxygen atoms in total. The van der Waals surface area contributed by atoms with Crippen molar-refractivity contribution in [1.82, 2.24) is 4.98 Å². The molecule has 3 aromatic heterocycles. The Kier molecular flexibility index (Phi) is 2.82. The summed E-state index contributed by atoms with van der Waals surface area (Å²) in [5.74, 6) is 0. The SMILES string of the molecule is Cc1cnc(-c2cccc3c2oc2c3ccc3ccsc32)cc1C. The molecule has 0 aliphatic carbocycles. The van der Waals surface area contributed by atoms with Gasteiger partial charge in [-0.25, -0.2) is 0 Å². The van der Waals surface area contributed by atoms with Crippen molar-refractivity contribution in [1.29, 1.82) is 0 Å². The van der Waals surface area contributed by atoms with Crippen LogP contribution in [0.3, 0.4) is 0 Å². The van der Waals surface area contributed by atoms with Crippen molar-refractivity contribution in [2.75, 3.05) is 0 Å². The molecule has 116 valence electrons. The number of thiophene rings is 1. The van der Waals surface area contributed by atoms with Gasteiger partial charge in [-0.05, 0) is 60.0 Å². The van der Waals surface area contributed by atoms with Crippen molar-refractivity contribution in [3.05, 3.63) is 65.2 Å². The molecule has 0 unspecified atom stereocenters. The summed E-state index contributed by atoms with van der Waals surface area (Å²) in [5.41, 5.74) is 6.37. The van der Waals surface area contributed by atoms with Gasteiger partial charge in [0, 0.05) is 22.5 Å². The summed E-state index contributed by atoms with van der Waals surface area (Å²) in [6.45, 7) is 4.20. The number of hydrogen-bond acceptors (Lipinski definition) is 3. The molecule has 0 amide bonds. The first-order valence-corrected chi connectivity index (χ1v) is 8.85. The third-order valence-corrected chi connectivity index (χ3v) is 5.66. The molecule has 0 N–H and O–H groups in total. The Morgan fingerprint density at radius 2 is 1.79 bits per heavy atom. The van der Waals surface area contributed by atoms with Crippen molar-refractivity contribution < 1.29 is 4.42 Å². The molecule has 5 aromatic rings. The molecule has 0 aliphatic rings. The van der Waals surface area contributed by atoms with E-state index >= 15 is 0 Å². The zero-order valence-corrected chi connectivity index (χ0v) is 14.3. The Morgan fingerprint density at radius 3 is 2.67 bits per heavy atom. The lowest BCUT2D eigenvalue weighted by Crippen LogP contribution is -1.88. The summed E-state index contributed by atoms with van der Waals surface area (Å²) in [6.07, 6.45) is 1.93. The number of pyridine rings is 1. The van der Waals surface area contributed by atoms with E-state index in [-0.39, 0.29) is 0 Å². The molecule has 0 spiro atoms. The predicted molar refractivity (Wildman–Crippen MR) is 102 cm³/mol. The van der Waals surface area contributed by atoms with E-state index < -0.39 is 0 Å². The second-order valence-electron chi connectivity index (χ2n) is 6.22. The van der Waals surface area contributed by atoms with Crippen LogP contribution in [0.1, 0.15) is 11.1 Å². The third kappa shape index (κ3) is 1.85. The standard InChI is InChI=1S/C21H15NOS/c1-12-10-18(22-11-13(12)2)17-5-3-4-15-16-7-6-14-8-9-24-21(14)20(16)23-19(15)17/h3-11H,1-2H3.